The molecule has 124 valence electrons. The van der Waals surface area contributed by atoms with Gasteiger partial charge in [-0.1, -0.05) is 19.4 Å². The molecule has 1 N–H and O–H groups in total. The fourth-order valence-electron chi connectivity index (χ4n) is 2.76. The van der Waals surface area contributed by atoms with Crippen molar-refractivity contribution in [3.05, 3.63) is 53.0 Å². The molecule has 0 radical (unpaired) electrons. The number of aromatic nitrogens is 3. The van der Waals surface area contributed by atoms with Crippen molar-refractivity contribution in [1.29, 1.82) is 0 Å². The molecule has 2 heterocycles. The van der Waals surface area contributed by atoms with Gasteiger partial charge >= 0.3 is 5.97 Å². The topological polar surface area (TPSA) is 67.5 Å². The third-order valence-corrected chi connectivity index (χ3v) is 3.78. The maximum absolute atomic E-state index is 14.2. The minimum atomic E-state index is -1.20. The van der Waals surface area contributed by atoms with Crippen LogP contribution in [0, 0.1) is 18.6 Å². The van der Waals surface area contributed by atoms with Crippen LogP contribution < -0.4 is 0 Å². The Morgan fingerprint density at radius 3 is 2.50 bits per heavy atom. The van der Waals surface area contributed by atoms with Crippen LogP contribution in [0.25, 0.3) is 16.8 Å². The van der Waals surface area contributed by atoms with Crippen molar-refractivity contribution in [2.24, 2.45) is 0 Å². The van der Waals surface area contributed by atoms with E-state index in [1.807, 2.05) is 6.92 Å². The molecule has 0 amide bonds. The highest BCUT2D eigenvalue weighted by atomic mass is 19.1. The van der Waals surface area contributed by atoms with Gasteiger partial charge in [-0.3, -0.25) is 0 Å². The monoisotopic (exact) mass is 331 g/mol. The Bertz CT molecular complexity index is 930. The molecular weight excluding hydrogens is 316 g/mol. The number of nitrogens with zero attached hydrogens (tertiary/aromatic N) is 3. The average molecular weight is 331 g/mol. The summed E-state index contributed by atoms with van der Waals surface area (Å²) < 4.78 is 29.9. The first-order valence-electron chi connectivity index (χ1n) is 7.51. The van der Waals surface area contributed by atoms with E-state index in [1.165, 1.54) is 16.6 Å². The summed E-state index contributed by atoms with van der Waals surface area (Å²) >= 11 is 0. The van der Waals surface area contributed by atoms with Crippen LogP contribution in [0.5, 0.6) is 0 Å². The van der Waals surface area contributed by atoms with Gasteiger partial charge in [0.15, 0.2) is 11.3 Å². The molecule has 0 fully saturated rings. The zero-order valence-corrected chi connectivity index (χ0v) is 13.2. The lowest BCUT2D eigenvalue weighted by Gasteiger charge is -2.07. The molecule has 0 saturated heterocycles. The minimum absolute atomic E-state index is 0.139. The third kappa shape index (κ3) is 2.51. The Labute approximate surface area is 136 Å². The van der Waals surface area contributed by atoms with Crippen molar-refractivity contribution < 1.29 is 18.7 Å². The fraction of sp³-hybridized carbons (Fsp3) is 0.235. The largest absolute Gasteiger partial charge is 0.477 e. The second-order valence-electron chi connectivity index (χ2n) is 5.48. The van der Waals surface area contributed by atoms with Crippen molar-refractivity contribution in [3.8, 4) is 11.1 Å². The summed E-state index contributed by atoms with van der Waals surface area (Å²) in [5.41, 5.74) is 0.898. The van der Waals surface area contributed by atoms with Crippen LogP contribution in [0.4, 0.5) is 8.78 Å². The van der Waals surface area contributed by atoms with Gasteiger partial charge in [0.1, 0.15) is 11.6 Å². The molecule has 0 aliphatic heterocycles. The van der Waals surface area contributed by atoms with Gasteiger partial charge in [0, 0.05) is 5.69 Å². The number of carboxylic acid groups (broad SMARTS) is 1. The first-order valence-corrected chi connectivity index (χ1v) is 7.51. The Morgan fingerprint density at radius 2 is 1.92 bits per heavy atom. The second-order valence-corrected chi connectivity index (χ2v) is 5.48. The van der Waals surface area contributed by atoms with Gasteiger partial charge in [0.05, 0.1) is 16.8 Å². The summed E-state index contributed by atoms with van der Waals surface area (Å²) in [6.45, 7) is 3.56. The molecule has 1 aromatic carbocycles. The molecule has 24 heavy (non-hydrogen) atoms. The number of carbonyl (C=O) groups is 1. The summed E-state index contributed by atoms with van der Waals surface area (Å²) in [4.78, 5) is 15.4. The molecule has 3 rings (SSSR count). The standard InChI is InChI=1S/C17H15F2N3O2/c1-3-5-10-8-13(17(23)24)20-16-14(9(2)21-22(10)16)15-11(18)6-4-7-12(15)19/h4,6-8H,3,5H2,1-2H3,(H,23,24). The van der Waals surface area contributed by atoms with Crippen LogP contribution in [0.15, 0.2) is 24.3 Å². The highest BCUT2D eigenvalue weighted by molar-refractivity contribution is 5.88. The number of halogens is 2. The third-order valence-electron chi connectivity index (χ3n) is 3.78. The zero-order chi connectivity index (χ0) is 17.4. The van der Waals surface area contributed by atoms with Gasteiger partial charge in [0.25, 0.3) is 0 Å². The Balaban J connectivity index is 2.41. The Morgan fingerprint density at radius 1 is 1.25 bits per heavy atom. The highest BCUT2D eigenvalue weighted by Gasteiger charge is 2.23. The maximum Gasteiger partial charge on any atom is 0.354 e. The SMILES string of the molecule is CCCc1cc(C(=O)O)nc2c(-c3c(F)cccc3F)c(C)nn12. The fourth-order valence-corrected chi connectivity index (χ4v) is 2.76. The smallest absolute Gasteiger partial charge is 0.354 e. The molecule has 0 spiro atoms. The number of aryl methyl sites for hydroxylation is 2. The van der Waals surface area contributed by atoms with E-state index >= 15 is 0 Å². The number of carboxylic acids is 1. The van der Waals surface area contributed by atoms with Crippen molar-refractivity contribution in [2.45, 2.75) is 26.7 Å². The molecule has 2 aromatic heterocycles. The normalized spacial score (nSPS) is 11.2. The number of hydrogen-bond donors (Lipinski definition) is 1. The van der Waals surface area contributed by atoms with Crippen LogP contribution in [-0.4, -0.2) is 25.7 Å². The van der Waals surface area contributed by atoms with E-state index in [1.54, 1.807) is 6.92 Å². The molecular formula is C17H15F2N3O2. The van der Waals surface area contributed by atoms with E-state index in [4.69, 9.17) is 0 Å². The van der Waals surface area contributed by atoms with Crippen molar-refractivity contribution in [1.82, 2.24) is 14.6 Å². The lowest BCUT2D eigenvalue weighted by molar-refractivity contribution is 0.0690. The van der Waals surface area contributed by atoms with Gasteiger partial charge in [-0.25, -0.2) is 23.1 Å². The summed E-state index contributed by atoms with van der Waals surface area (Å²) in [7, 11) is 0. The van der Waals surface area contributed by atoms with Crippen LogP contribution in [0.2, 0.25) is 0 Å². The summed E-state index contributed by atoms with van der Waals surface area (Å²) in [6.07, 6.45) is 1.33. The molecule has 0 aliphatic rings. The maximum atomic E-state index is 14.2. The van der Waals surface area contributed by atoms with E-state index in [9.17, 15) is 18.7 Å². The van der Waals surface area contributed by atoms with Gasteiger partial charge in [-0.05, 0) is 31.5 Å². The zero-order valence-electron chi connectivity index (χ0n) is 13.2. The quantitative estimate of drug-likeness (QED) is 0.793. The van der Waals surface area contributed by atoms with Crippen molar-refractivity contribution in [2.75, 3.05) is 0 Å². The van der Waals surface area contributed by atoms with Gasteiger partial charge in [-0.2, -0.15) is 5.10 Å². The van der Waals surface area contributed by atoms with Crippen LogP contribution in [0.3, 0.4) is 0 Å². The predicted octanol–water partition coefficient (Wildman–Crippen LogP) is 3.63. The molecule has 3 aromatic rings. The van der Waals surface area contributed by atoms with Gasteiger partial charge in [0.2, 0.25) is 0 Å². The van der Waals surface area contributed by atoms with Crippen molar-refractivity contribution in [3.63, 3.8) is 0 Å². The molecule has 0 bridgehead atoms. The van der Waals surface area contributed by atoms with E-state index in [0.29, 0.717) is 17.8 Å². The molecule has 0 unspecified atom stereocenters. The van der Waals surface area contributed by atoms with Crippen LogP contribution in [0.1, 0.15) is 35.2 Å². The number of aromatic carboxylic acids is 1. The Hall–Kier alpha value is -2.83. The summed E-state index contributed by atoms with van der Waals surface area (Å²) in [5.74, 6) is -2.69. The first-order chi connectivity index (χ1) is 11.4. The second kappa shape index (κ2) is 5.99. The summed E-state index contributed by atoms with van der Waals surface area (Å²) in [6, 6.07) is 5.01. The highest BCUT2D eigenvalue weighted by Crippen LogP contribution is 2.32. The Kier molecular flexibility index (Phi) is 4.01. The number of fused-ring (bicyclic) bond motifs is 1. The predicted molar refractivity (Wildman–Crippen MR) is 84.0 cm³/mol. The summed E-state index contributed by atoms with van der Waals surface area (Å²) in [5, 5.41) is 13.6. The molecule has 0 aliphatic carbocycles. The van der Waals surface area contributed by atoms with Gasteiger partial charge in [-0.15, -0.1) is 0 Å². The first kappa shape index (κ1) is 16.0. The number of hydrogen-bond acceptors (Lipinski definition) is 3. The molecule has 0 atom stereocenters. The van der Waals surface area contributed by atoms with Gasteiger partial charge < -0.3 is 5.11 Å². The van der Waals surface area contributed by atoms with Crippen LogP contribution in [-0.2, 0) is 6.42 Å². The lowest BCUT2D eigenvalue weighted by Crippen LogP contribution is -2.08. The van der Waals surface area contributed by atoms with E-state index < -0.39 is 17.6 Å². The van der Waals surface area contributed by atoms with Crippen molar-refractivity contribution >= 4 is 11.6 Å². The molecule has 7 heteroatoms. The van der Waals surface area contributed by atoms with E-state index in [0.717, 1.165) is 18.6 Å². The number of rotatable bonds is 4. The van der Waals surface area contributed by atoms with E-state index in [-0.39, 0.29) is 22.5 Å². The van der Waals surface area contributed by atoms with Crippen LogP contribution >= 0.6 is 0 Å². The average Bonchev–Trinajstić information content (AvgIpc) is 2.84. The van der Waals surface area contributed by atoms with E-state index in [2.05, 4.69) is 10.1 Å². The lowest BCUT2D eigenvalue weighted by atomic mass is 10.0. The minimum Gasteiger partial charge on any atom is -0.477 e. The molecule has 0 saturated carbocycles. The number of benzene rings is 1. The molecule has 5 nitrogen and oxygen atoms in total.